The number of aliphatic hydroxyl groups excluding tert-OH is 1. The first-order chi connectivity index (χ1) is 7.54. The third-order valence-electron chi connectivity index (χ3n) is 1.89. The Morgan fingerprint density at radius 2 is 2.19 bits per heavy atom. The fraction of sp³-hybridized carbons (Fsp3) is 0.300. The van der Waals surface area contributed by atoms with E-state index in [9.17, 15) is 8.78 Å². The van der Waals surface area contributed by atoms with Crippen molar-refractivity contribution in [3.05, 3.63) is 28.2 Å². The molecule has 0 saturated carbocycles. The molecule has 1 aromatic carbocycles. The molecule has 2 N–H and O–H groups in total. The van der Waals surface area contributed by atoms with Gasteiger partial charge in [0.15, 0.2) is 0 Å². The van der Waals surface area contributed by atoms with E-state index >= 15 is 0 Å². The SMILES string of the molecule is N#Cc1cc(Br)ccc1NCC(O)C(F)F. The van der Waals surface area contributed by atoms with Gasteiger partial charge in [-0.05, 0) is 18.2 Å². The number of nitrogens with zero attached hydrogens (tertiary/aromatic N) is 1. The molecule has 0 amide bonds. The molecule has 1 rings (SSSR count). The molecule has 0 spiro atoms. The Labute approximate surface area is 99.8 Å². The molecule has 86 valence electrons. The van der Waals surface area contributed by atoms with Crippen molar-refractivity contribution >= 4 is 21.6 Å². The lowest BCUT2D eigenvalue weighted by atomic mass is 10.2. The highest BCUT2D eigenvalue weighted by molar-refractivity contribution is 9.10. The second kappa shape index (κ2) is 5.77. The quantitative estimate of drug-likeness (QED) is 0.895. The van der Waals surface area contributed by atoms with Gasteiger partial charge in [0.1, 0.15) is 12.2 Å². The van der Waals surface area contributed by atoms with Crippen LogP contribution in [0, 0.1) is 11.3 Å². The van der Waals surface area contributed by atoms with E-state index in [4.69, 9.17) is 10.4 Å². The first-order valence-electron chi connectivity index (χ1n) is 4.44. The van der Waals surface area contributed by atoms with Gasteiger partial charge in [0.25, 0.3) is 6.43 Å². The molecule has 0 heterocycles. The molecule has 0 aliphatic heterocycles. The molecule has 16 heavy (non-hydrogen) atoms. The summed E-state index contributed by atoms with van der Waals surface area (Å²) < 4.78 is 24.8. The number of hydrogen-bond donors (Lipinski definition) is 2. The zero-order chi connectivity index (χ0) is 12.1. The number of alkyl halides is 2. The first kappa shape index (κ1) is 12.9. The van der Waals surface area contributed by atoms with Crippen molar-refractivity contribution in [3.63, 3.8) is 0 Å². The summed E-state index contributed by atoms with van der Waals surface area (Å²) in [4.78, 5) is 0. The number of nitrogens with one attached hydrogen (secondary N) is 1. The van der Waals surface area contributed by atoms with E-state index in [0.717, 1.165) is 4.47 Å². The van der Waals surface area contributed by atoms with Crippen LogP contribution in [-0.4, -0.2) is 24.2 Å². The third-order valence-corrected chi connectivity index (χ3v) is 2.39. The maximum Gasteiger partial charge on any atom is 0.265 e. The first-order valence-corrected chi connectivity index (χ1v) is 5.23. The summed E-state index contributed by atoms with van der Waals surface area (Å²) >= 11 is 3.19. The van der Waals surface area contributed by atoms with Gasteiger partial charge in [0.05, 0.1) is 11.3 Å². The van der Waals surface area contributed by atoms with E-state index in [2.05, 4.69) is 21.2 Å². The van der Waals surface area contributed by atoms with Crippen LogP contribution < -0.4 is 5.32 Å². The fourth-order valence-electron chi connectivity index (χ4n) is 1.07. The van der Waals surface area contributed by atoms with E-state index < -0.39 is 12.5 Å². The molecular weight excluding hydrogens is 282 g/mol. The summed E-state index contributed by atoms with van der Waals surface area (Å²) in [5, 5.41) is 20.3. The van der Waals surface area contributed by atoms with E-state index in [0.29, 0.717) is 11.3 Å². The molecule has 0 aliphatic rings. The van der Waals surface area contributed by atoms with Crippen LogP contribution in [0.3, 0.4) is 0 Å². The standard InChI is InChI=1S/C10H9BrF2N2O/c11-7-1-2-8(6(3-7)4-14)15-5-9(16)10(12)13/h1-3,9-10,15-16H,5H2. The van der Waals surface area contributed by atoms with Crippen LogP contribution in [0.15, 0.2) is 22.7 Å². The van der Waals surface area contributed by atoms with Crippen LogP contribution in [-0.2, 0) is 0 Å². The average Bonchev–Trinajstić information content (AvgIpc) is 2.26. The van der Waals surface area contributed by atoms with Crippen molar-refractivity contribution < 1.29 is 13.9 Å². The van der Waals surface area contributed by atoms with Crippen LogP contribution in [0.25, 0.3) is 0 Å². The van der Waals surface area contributed by atoms with Crippen molar-refractivity contribution in [2.24, 2.45) is 0 Å². The number of nitriles is 1. The van der Waals surface area contributed by atoms with Crippen LogP contribution >= 0.6 is 15.9 Å². The predicted molar refractivity (Wildman–Crippen MR) is 59.4 cm³/mol. The van der Waals surface area contributed by atoms with Crippen LogP contribution in [0.5, 0.6) is 0 Å². The van der Waals surface area contributed by atoms with E-state index in [1.54, 1.807) is 18.2 Å². The van der Waals surface area contributed by atoms with E-state index in [1.807, 2.05) is 6.07 Å². The van der Waals surface area contributed by atoms with E-state index in [-0.39, 0.29) is 6.54 Å². The van der Waals surface area contributed by atoms with Gasteiger partial charge < -0.3 is 10.4 Å². The molecule has 3 nitrogen and oxygen atoms in total. The minimum absolute atomic E-state index is 0.298. The van der Waals surface area contributed by atoms with Crippen LogP contribution in [0.1, 0.15) is 5.56 Å². The van der Waals surface area contributed by atoms with Gasteiger partial charge in [-0.15, -0.1) is 0 Å². The van der Waals surface area contributed by atoms with Crippen molar-refractivity contribution in [1.82, 2.24) is 0 Å². The normalized spacial score (nSPS) is 12.2. The average molecular weight is 291 g/mol. The Morgan fingerprint density at radius 1 is 1.50 bits per heavy atom. The molecule has 1 aromatic rings. The van der Waals surface area contributed by atoms with Crippen molar-refractivity contribution in [2.45, 2.75) is 12.5 Å². The summed E-state index contributed by atoms with van der Waals surface area (Å²) in [6, 6.07) is 6.76. The van der Waals surface area contributed by atoms with Crippen LogP contribution in [0.2, 0.25) is 0 Å². The van der Waals surface area contributed by atoms with E-state index in [1.165, 1.54) is 0 Å². The van der Waals surface area contributed by atoms with Crippen molar-refractivity contribution in [1.29, 1.82) is 5.26 Å². The van der Waals surface area contributed by atoms with Gasteiger partial charge in [-0.25, -0.2) is 8.78 Å². The van der Waals surface area contributed by atoms with Gasteiger partial charge in [-0.2, -0.15) is 5.26 Å². The fourth-order valence-corrected chi connectivity index (χ4v) is 1.43. The maximum atomic E-state index is 12.0. The summed E-state index contributed by atoms with van der Waals surface area (Å²) in [6.07, 6.45) is -4.54. The molecule has 0 bridgehead atoms. The minimum atomic E-state index is -2.80. The topological polar surface area (TPSA) is 56.0 Å². The molecule has 0 radical (unpaired) electrons. The molecule has 0 aliphatic carbocycles. The predicted octanol–water partition coefficient (Wildman–Crippen LogP) is 2.36. The summed E-state index contributed by atoms with van der Waals surface area (Å²) in [6.45, 7) is -0.298. The molecule has 0 saturated heterocycles. The van der Waals surface area contributed by atoms with Gasteiger partial charge in [0.2, 0.25) is 0 Å². The highest BCUT2D eigenvalue weighted by Crippen LogP contribution is 2.20. The second-order valence-corrected chi connectivity index (χ2v) is 4.00. The Hall–Kier alpha value is -1.19. The monoisotopic (exact) mass is 290 g/mol. The Bertz CT molecular complexity index is 406. The Balaban J connectivity index is 2.71. The molecule has 6 heteroatoms. The molecule has 1 unspecified atom stereocenters. The van der Waals surface area contributed by atoms with Gasteiger partial charge >= 0.3 is 0 Å². The number of aliphatic hydroxyl groups is 1. The van der Waals surface area contributed by atoms with Crippen LogP contribution in [0.4, 0.5) is 14.5 Å². The molecule has 0 fully saturated rings. The smallest absolute Gasteiger partial charge is 0.265 e. The molecule has 0 aromatic heterocycles. The number of anilines is 1. The number of halogens is 3. The largest absolute Gasteiger partial charge is 0.385 e. The summed E-state index contributed by atoms with van der Waals surface area (Å²) in [7, 11) is 0. The van der Waals surface area contributed by atoms with Gasteiger partial charge in [-0.1, -0.05) is 15.9 Å². The van der Waals surface area contributed by atoms with Gasteiger partial charge in [0, 0.05) is 11.0 Å². The summed E-state index contributed by atoms with van der Waals surface area (Å²) in [5.74, 6) is 0. The number of benzene rings is 1. The minimum Gasteiger partial charge on any atom is -0.385 e. The summed E-state index contributed by atoms with van der Waals surface area (Å²) in [5.41, 5.74) is 0.751. The van der Waals surface area contributed by atoms with Crippen molar-refractivity contribution in [3.8, 4) is 6.07 Å². The lowest BCUT2D eigenvalue weighted by Crippen LogP contribution is -2.26. The molecule has 1 atom stereocenters. The zero-order valence-corrected chi connectivity index (χ0v) is 9.71. The number of rotatable bonds is 4. The lowest BCUT2D eigenvalue weighted by Gasteiger charge is -2.12. The Morgan fingerprint density at radius 3 is 2.75 bits per heavy atom. The number of hydrogen-bond acceptors (Lipinski definition) is 3. The Kier molecular flexibility index (Phi) is 4.65. The lowest BCUT2D eigenvalue weighted by molar-refractivity contribution is 0.00384. The second-order valence-electron chi connectivity index (χ2n) is 3.08. The highest BCUT2D eigenvalue weighted by Gasteiger charge is 2.16. The third kappa shape index (κ3) is 3.43. The van der Waals surface area contributed by atoms with Crippen molar-refractivity contribution in [2.75, 3.05) is 11.9 Å². The molecular formula is C10H9BrF2N2O. The maximum absolute atomic E-state index is 12.0. The van der Waals surface area contributed by atoms with Gasteiger partial charge in [-0.3, -0.25) is 0 Å². The zero-order valence-electron chi connectivity index (χ0n) is 8.12. The highest BCUT2D eigenvalue weighted by atomic mass is 79.9.